The normalized spacial score (nSPS) is 14.8. The maximum absolute atomic E-state index is 12.7. The predicted octanol–water partition coefficient (Wildman–Crippen LogP) is 2.81. The third kappa shape index (κ3) is 4.39. The molecule has 1 aliphatic rings. The van der Waals surface area contributed by atoms with Crippen LogP contribution < -0.4 is 0 Å². The summed E-state index contributed by atoms with van der Waals surface area (Å²) in [4.78, 5) is 21.4. The van der Waals surface area contributed by atoms with Gasteiger partial charge < -0.3 is 9.80 Å². The summed E-state index contributed by atoms with van der Waals surface area (Å²) in [5, 5.41) is 9.54. The molecule has 0 saturated carbocycles. The van der Waals surface area contributed by atoms with Gasteiger partial charge in [0.2, 0.25) is 5.91 Å². The average molecular weight is 423 g/mol. The van der Waals surface area contributed by atoms with Crippen LogP contribution in [0.2, 0.25) is 0 Å². The number of piperazine rings is 1. The van der Waals surface area contributed by atoms with Crippen molar-refractivity contribution in [1.29, 1.82) is 0 Å². The van der Waals surface area contributed by atoms with Crippen LogP contribution in [0.3, 0.4) is 0 Å². The van der Waals surface area contributed by atoms with E-state index in [1.807, 2.05) is 27.7 Å². The van der Waals surface area contributed by atoms with E-state index in [-0.39, 0.29) is 5.91 Å². The highest BCUT2D eigenvalue weighted by atomic mass is 32.2. The Bertz CT molecular complexity index is 1030. The Morgan fingerprint density at radius 2 is 1.87 bits per heavy atom. The van der Waals surface area contributed by atoms with Crippen molar-refractivity contribution >= 4 is 17.7 Å². The second-order valence-electron chi connectivity index (χ2n) is 7.62. The van der Waals surface area contributed by atoms with Crippen molar-refractivity contribution in [2.75, 3.05) is 39.0 Å². The van der Waals surface area contributed by atoms with Gasteiger partial charge in [-0.3, -0.25) is 14.3 Å². The molecule has 0 aliphatic carbocycles. The molecule has 0 unspecified atom stereocenters. The average Bonchev–Trinajstić information content (AvgIpc) is 3.17. The number of pyridine rings is 1. The molecule has 0 atom stereocenters. The molecular weight excluding hydrogens is 396 g/mol. The minimum Gasteiger partial charge on any atom is -0.339 e. The van der Waals surface area contributed by atoms with Crippen molar-refractivity contribution in [2.45, 2.75) is 19.0 Å². The lowest BCUT2D eigenvalue weighted by molar-refractivity contribution is -0.129. The molecule has 156 valence electrons. The van der Waals surface area contributed by atoms with Crippen LogP contribution in [-0.2, 0) is 4.79 Å². The number of benzene rings is 1. The zero-order chi connectivity index (χ0) is 21.1. The van der Waals surface area contributed by atoms with E-state index in [2.05, 4.69) is 59.2 Å². The topological polar surface area (TPSA) is 67.2 Å². The van der Waals surface area contributed by atoms with Crippen molar-refractivity contribution in [3.05, 3.63) is 53.7 Å². The van der Waals surface area contributed by atoms with Crippen LogP contribution >= 0.6 is 11.8 Å². The number of carbonyl (C=O) groups is 1. The number of amides is 1. The molecule has 4 rings (SSSR count). The molecule has 30 heavy (non-hydrogen) atoms. The minimum atomic E-state index is 0.141. The Kier molecular flexibility index (Phi) is 6.15. The molecule has 1 aromatic carbocycles. The van der Waals surface area contributed by atoms with E-state index >= 15 is 0 Å². The zero-order valence-electron chi connectivity index (χ0n) is 17.6. The Morgan fingerprint density at radius 1 is 1.07 bits per heavy atom. The van der Waals surface area contributed by atoms with Crippen LogP contribution in [0.1, 0.15) is 11.1 Å². The van der Waals surface area contributed by atoms with Crippen LogP contribution in [0.15, 0.2) is 47.8 Å². The Labute approximate surface area is 181 Å². The predicted molar refractivity (Wildman–Crippen MR) is 119 cm³/mol. The van der Waals surface area contributed by atoms with E-state index in [4.69, 9.17) is 0 Å². The summed E-state index contributed by atoms with van der Waals surface area (Å²) >= 11 is 1.43. The van der Waals surface area contributed by atoms with E-state index in [0.717, 1.165) is 43.1 Å². The van der Waals surface area contributed by atoms with Gasteiger partial charge in [-0.25, -0.2) is 0 Å². The van der Waals surface area contributed by atoms with Gasteiger partial charge in [-0.2, -0.15) is 0 Å². The SMILES string of the molecule is Cc1ccc(-n2c(SCC(=O)N3CCN(C)CC3)nnc2-c2ccccn2)c(C)c1. The van der Waals surface area contributed by atoms with Crippen LogP contribution in [0.25, 0.3) is 17.2 Å². The highest BCUT2D eigenvalue weighted by Gasteiger charge is 2.22. The van der Waals surface area contributed by atoms with Crippen LogP contribution in [0.5, 0.6) is 0 Å². The lowest BCUT2D eigenvalue weighted by atomic mass is 10.1. The van der Waals surface area contributed by atoms with Gasteiger partial charge >= 0.3 is 0 Å². The summed E-state index contributed by atoms with van der Waals surface area (Å²) in [6, 6.07) is 12.0. The molecule has 3 aromatic rings. The smallest absolute Gasteiger partial charge is 0.233 e. The number of thioether (sulfide) groups is 1. The lowest BCUT2D eigenvalue weighted by Crippen LogP contribution is -2.47. The first-order valence-corrected chi connectivity index (χ1v) is 11.0. The quantitative estimate of drug-likeness (QED) is 0.589. The summed E-state index contributed by atoms with van der Waals surface area (Å²) in [6.45, 7) is 7.54. The summed E-state index contributed by atoms with van der Waals surface area (Å²) in [7, 11) is 2.09. The number of hydrogen-bond donors (Lipinski definition) is 0. The molecule has 3 heterocycles. The molecule has 2 aromatic heterocycles. The van der Waals surface area contributed by atoms with E-state index in [1.165, 1.54) is 17.3 Å². The third-order valence-electron chi connectivity index (χ3n) is 5.30. The number of aromatic nitrogens is 4. The maximum Gasteiger partial charge on any atom is 0.233 e. The summed E-state index contributed by atoms with van der Waals surface area (Å²) in [5.74, 6) is 1.16. The van der Waals surface area contributed by atoms with Crippen LogP contribution in [-0.4, -0.2) is 74.4 Å². The van der Waals surface area contributed by atoms with E-state index in [1.54, 1.807) is 6.20 Å². The number of carbonyl (C=O) groups excluding carboxylic acids is 1. The van der Waals surface area contributed by atoms with Gasteiger partial charge in [-0.05, 0) is 44.7 Å². The summed E-state index contributed by atoms with van der Waals surface area (Å²) < 4.78 is 2.01. The Balaban J connectivity index is 1.63. The maximum atomic E-state index is 12.7. The van der Waals surface area contributed by atoms with Gasteiger partial charge in [-0.15, -0.1) is 10.2 Å². The first kappa shape index (κ1) is 20.6. The third-order valence-corrected chi connectivity index (χ3v) is 6.21. The molecule has 1 saturated heterocycles. The molecule has 8 heteroatoms. The van der Waals surface area contributed by atoms with Crippen molar-refractivity contribution < 1.29 is 4.79 Å². The molecule has 0 bridgehead atoms. The molecule has 0 spiro atoms. The van der Waals surface area contributed by atoms with Gasteiger partial charge in [0.05, 0.1) is 11.4 Å². The molecule has 1 fully saturated rings. The molecular formula is C22H26N6OS. The standard InChI is InChI=1S/C22H26N6OS/c1-16-7-8-19(17(2)14-16)28-21(18-6-4-5-9-23-18)24-25-22(28)30-15-20(29)27-12-10-26(3)11-13-27/h4-9,14H,10-13,15H2,1-3H3. The second kappa shape index (κ2) is 8.97. The fourth-order valence-corrected chi connectivity index (χ4v) is 4.42. The first-order valence-electron chi connectivity index (χ1n) is 10.1. The monoisotopic (exact) mass is 422 g/mol. The van der Waals surface area contributed by atoms with Crippen molar-refractivity contribution in [1.82, 2.24) is 29.5 Å². The van der Waals surface area contributed by atoms with Gasteiger partial charge in [-0.1, -0.05) is 35.5 Å². The van der Waals surface area contributed by atoms with Crippen molar-refractivity contribution in [3.63, 3.8) is 0 Å². The molecule has 1 amide bonds. The van der Waals surface area contributed by atoms with Gasteiger partial charge in [0, 0.05) is 32.4 Å². The zero-order valence-corrected chi connectivity index (χ0v) is 18.4. The van der Waals surface area contributed by atoms with Crippen LogP contribution in [0.4, 0.5) is 0 Å². The highest BCUT2D eigenvalue weighted by molar-refractivity contribution is 7.99. The minimum absolute atomic E-state index is 0.141. The summed E-state index contributed by atoms with van der Waals surface area (Å²) in [5.41, 5.74) is 4.07. The van der Waals surface area contributed by atoms with Gasteiger partial charge in [0.25, 0.3) is 0 Å². The summed E-state index contributed by atoms with van der Waals surface area (Å²) in [6.07, 6.45) is 1.75. The van der Waals surface area contributed by atoms with E-state index in [0.29, 0.717) is 16.7 Å². The number of aryl methyl sites for hydroxylation is 2. The van der Waals surface area contributed by atoms with Crippen molar-refractivity contribution in [3.8, 4) is 17.2 Å². The van der Waals surface area contributed by atoms with E-state index in [9.17, 15) is 4.79 Å². The lowest BCUT2D eigenvalue weighted by Gasteiger charge is -2.32. The number of nitrogens with zero attached hydrogens (tertiary/aromatic N) is 6. The van der Waals surface area contributed by atoms with E-state index < -0.39 is 0 Å². The second-order valence-corrected chi connectivity index (χ2v) is 8.56. The Hall–Kier alpha value is -2.71. The fraction of sp³-hybridized carbons (Fsp3) is 0.364. The van der Waals surface area contributed by atoms with Crippen LogP contribution in [0, 0.1) is 13.8 Å². The fourth-order valence-electron chi connectivity index (χ4n) is 3.57. The van der Waals surface area contributed by atoms with Gasteiger partial charge in [0.15, 0.2) is 11.0 Å². The van der Waals surface area contributed by atoms with Crippen molar-refractivity contribution in [2.24, 2.45) is 0 Å². The number of hydrogen-bond acceptors (Lipinski definition) is 6. The largest absolute Gasteiger partial charge is 0.339 e. The molecule has 0 radical (unpaired) electrons. The Morgan fingerprint density at radius 3 is 2.57 bits per heavy atom. The molecule has 7 nitrogen and oxygen atoms in total. The number of likely N-dealkylation sites (N-methyl/N-ethyl adjacent to an activating group) is 1. The molecule has 0 N–H and O–H groups in total. The molecule has 1 aliphatic heterocycles. The number of rotatable bonds is 5. The van der Waals surface area contributed by atoms with Gasteiger partial charge in [0.1, 0.15) is 5.69 Å². The highest BCUT2D eigenvalue weighted by Crippen LogP contribution is 2.29. The first-order chi connectivity index (χ1) is 14.5.